The molecular formula is C13H18N2O4S. The summed E-state index contributed by atoms with van der Waals surface area (Å²) in [5.41, 5.74) is 7.54. The Bertz CT molecular complexity index is 627. The number of hydrogen-bond acceptors (Lipinski definition) is 6. The maximum Gasteiger partial charge on any atom is 0.337 e. The van der Waals surface area contributed by atoms with Crippen molar-refractivity contribution in [2.24, 2.45) is 0 Å². The van der Waals surface area contributed by atoms with E-state index < -0.39 is 15.8 Å². The van der Waals surface area contributed by atoms with E-state index in [1.807, 2.05) is 11.8 Å². The van der Waals surface area contributed by atoms with E-state index in [9.17, 15) is 13.2 Å². The van der Waals surface area contributed by atoms with Crippen LogP contribution in [0.4, 0.5) is 11.4 Å². The fourth-order valence-electron chi connectivity index (χ4n) is 2.39. The van der Waals surface area contributed by atoms with Crippen LogP contribution in [0.5, 0.6) is 0 Å². The van der Waals surface area contributed by atoms with Gasteiger partial charge in [-0.25, -0.2) is 13.2 Å². The first kappa shape index (κ1) is 14.6. The topological polar surface area (TPSA) is 89.7 Å². The third kappa shape index (κ3) is 2.87. The molecule has 0 radical (unpaired) electrons. The minimum absolute atomic E-state index is 0.0922. The smallest absolute Gasteiger partial charge is 0.337 e. The van der Waals surface area contributed by atoms with Gasteiger partial charge in [-0.3, -0.25) is 0 Å². The van der Waals surface area contributed by atoms with Gasteiger partial charge in [-0.15, -0.1) is 0 Å². The Morgan fingerprint density at radius 3 is 2.75 bits per heavy atom. The second-order valence-electron chi connectivity index (χ2n) is 4.92. The van der Waals surface area contributed by atoms with Gasteiger partial charge in [0.15, 0.2) is 9.84 Å². The quantitative estimate of drug-likeness (QED) is 0.638. The zero-order valence-electron chi connectivity index (χ0n) is 11.5. The van der Waals surface area contributed by atoms with Gasteiger partial charge >= 0.3 is 5.97 Å². The minimum atomic E-state index is -2.99. The molecule has 1 saturated heterocycles. The number of carbonyl (C=O) groups is 1. The van der Waals surface area contributed by atoms with Gasteiger partial charge in [0, 0.05) is 12.6 Å². The number of ether oxygens (including phenoxy) is 1. The number of carbonyl (C=O) groups excluding carboxylic acids is 1. The third-order valence-corrected chi connectivity index (χ3v) is 5.23. The monoisotopic (exact) mass is 298 g/mol. The second-order valence-corrected chi connectivity index (χ2v) is 7.15. The average molecular weight is 298 g/mol. The summed E-state index contributed by atoms with van der Waals surface area (Å²) in [4.78, 5) is 13.5. The molecule has 1 aromatic rings. The number of nitrogens with two attached hydrogens (primary N) is 1. The molecule has 1 aliphatic heterocycles. The minimum Gasteiger partial charge on any atom is -0.465 e. The molecule has 0 spiro atoms. The van der Waals surface area contributed by atoms with Crippen molar-refractivity contribution >= 4 is 27.2 Å². The lowest BCUT2D eigenvalue weighted by molar-refractivity contribution is 0.0601. The summed E-state index contributed by atoms with van der Waals surface area (Å²) in [6.07, 6.45) is 0. The maximum absolute atomic E-state index is 11.6. The number of esters is 1. The van der Waals surface area contributed by atoms with Crippen LogP contribution in [-0.2, 0) is 14.6 Å². The summed E-state index contributed by atoms with van der Waals surface area (Å²) in [5, 5.41) is 0. The fraction of sp³-hybridized carbons (Fsp3) is 0.462. The van der Waals surface area contributed by atoms with Crippen LogP contribution in [0.1, 0.15) is 17.3 Å². The molecule has 0 amide bonds. The normalized spacial score (nSPS) is 21.5. The summed E-state index contributed by atoms with van der Waals surface area (Å²) in [5.74, 6) is -0.253. The summed E-state index contributed by atoms with van der Waals surface area (Å²) >= 11 is 0. The Kier molecular flexibility index (Phi) is 3.89. The highest BCUT2D eigenvalue weighted by Gasteiger charge is 2.29. The zero-order valence-corrected chi connectivity index (χ0v) is 12.3. The van der Waals surface area contributed by atoms with Gasteiger partial charge in [0.25, 0.3) is 0 Å². The number of benzene rings is 1. The molecule has 1 aliphatic rings. The van der Waals surface area contributed by atoms with Crippen molar-refractivity contribution in [1.82, 2.24) is 0 Å². The van der Waals surface area contributed by atoms with Gasteiger partial charge in [-0.2, -0.15) is 0 Å². The van der Waals surface area contributed by atoms with E-state index in [0.717, 1.165) is 0 Å². The molecule has 1 fully saturated rings. The molecule has 110 valence electrons. The van der Waals surface area contributed by atoms with Crippen molar-refractivity contribution < 1.29 is 17.9 Å². The number of hydrogen-bond donors (Lipinski definition) is 1. The lowest BCUT2D eigenvalue weighted by atomic mass is 10.1. The summed E-state index contributed by atoms with van der Waals surface area (Å²) in [6.45, 7) is 2.21. The van der Waals surface area contributed by atoms with E-state index in [0.29, 0.717) is 23.5 Å². The van der Waals surface area contributed by atoms with E-state index in [2.05, 4.69) is 4.74 Å². The molecule has 1 atom stereocenters. The fourth-order valence-corrected chi connectivity index (χ4v) is 3.95. The van der Waals surface area contributed by atoms with Gasteiger partial charge in [-0.1, -0.05) is 0 Å². The molecule has 7 heteroatoms. The van der Waals surface area contributed by atoms with Gasteiger partial charge in [0.2, 0.25) is 0 Å². The van der Waals surface area contributed by atoms with Crippen molar-refractivity contribution in [3.05, 3.63) is 23.8 Å². The van der Waals surface area contributed by atoms with E-state index in [-0.39, 0.29) is 17.5 Å². The standard InChI is InChI=1S/C13H18N2O4S/c1-9-8-20(17,18)6-5-15(9)12-7-10(13(16)19-2)3-4-11(12)14/h3-4,7,9H,5-6,8,14H2,1-2H3. The van der Waals surface area contributed by atoms with Crippen LogP contribution in [0.3, 0.4) is 0 Å². The first-order chi connectivity index (χ1) is 9.34. The highest BCUT2D eigenvalue weighted by Crippen LogP contribution is 2.29. The van der Waals surface area contributed by atoms with Crippen molar-refractivity contribution in [3.8, 4) is 0 Å². The molecule has 2 rings (SSSR count). The molecular weight excluding hydrogens is 280 g/mol. The van der Waals surface area contributed by atoms with Gasteiger partial charge < -0.3 is 15.4 Å². The van der Waals surface area contributed by atoms with Crippen LogP contribution >= 0.6 is 0 Å². The van der Waals surface area contributed by atoms with E-state index in [4.69, 9.17) is 5.73 Å². The van der Waals surface area contributed by atoms with Crippen LogP contribution in [0.25, 0.3) is 0 Å². The van der Waals surface area contributed by atoms with E-state index >= 15 is 0 Å². The molecule has 0 saturated carbocycles. The summed E-state index contributed by atoms with van der Waals surface area (Å²) in [6, 6.07) is 4.70. The molecule has 1 aromatic carbocycles. The van der Waals surface area contributed by atoms with Crippen LogP contribution < -0.4 is 10.6 Å². The molecule has 1 heterocycles. The van der Waals surface area contributed by atoms with E-state index in [1.165, 1.54) is 7.11 Å². The predicted molar refractivity (Wildman–Crippen MR) is 77.7 cm³/mol. The Morgan fingerprint density at radius 1 is 1.45 bits per heavy atom. The molecule has 0 aromatic heterocycles. The van der Waals surface area contributed by atoms with Crippen LogP contribution in [0, 0.1) is 0 Å². The predicted octanol–water partition coefficient (Wildman–Crippen LogP) is 0.679. The van der Waals surface area contributed by atoms with Crippen molar-refractivity contribution in [2.45, 2.75) is 13.0 Å². The molecule has 20 heavy (non-hydrogen) atoms. The molecule has 1 unspecified atom stereocenters. The Labute approximate surface area is 118 Å². The second kappa shape index (κ2) is 5.32. The molecule has 0 bridgehead atoms. The molecule has 6 nitrogen and oxygen atoms in total. The largest absolute Gasteiger partial charge is 0.465 e. The third-order valence-electron chi connectivity index (χ3n) is 3.43. The van der Waals surface area contributed by atoms with Crippen LogP contribution in [-0.4, -0.2) is 45.6 Å². The van der Waals surface area contributed by atoms with Gasteiger partial charge in [-0.05, 0) is 25.1 Å². The Balaban J connectivity index is 2.35. The number of nitrogen functional groups attached to an aromatic ring is 1. The number of methoxy groups -OCH3 is 1. The lowest BCUT2D eigenvalue weighted by Crippen LogP contribution is -2.47. The van der Waals surface area contributed by atoms with Crippen LogP contribution in [0.2, 0.25) is 0 Å². The number of anilines is 2. The average Bonchev–Trinajstić information content (AvgIpc) is 2.38. The Hall–Kier alpha value is -1.76. The summed E-state index contributed by atoms with van der Waals surface area (Å²) in [7, 11) is -1.68. The SMILES string of the molecule is COC(=O)c1ccc(N)c(N2CCS(=O)(=O)CC2C)c1. The van der Waals surface area contributed by atoms with E-state index in [1.54, 1.807) is 18.2 Å². The summed E-state index contributed by atoms with van der Waals surface area (Å²) < 4.78 is 27.9. The number of sulfone groups is 1. The highest BCUT2D eigenvalue weighted by atomic mass is 32.2. The highest BCUT2D eigenvalue weighted by molar-refractivity contribution is 7.91. The Morgan fingerprint density at radius 2 is 2.15 bits per heavy atom. The van der Waals surface area contributed by atoms with Crippen molar-refractivity contribution in [1.29, 1.82) is 0 Å². The van der Waals surface area contributed by atoms with Crippen molar-refractivity contribution in [3.63, 3.8) is 0 Å². The van der Waals surface area contributed by atoms with Crippen molar-refractivity contribution in [2.75, 3.05) is 35.8 Å². The zero-order chi connectivity index (χ0) is 14.9. The number of nitrogens with zero attached hydrogens (tertiary/aromatic N) is 1. The maximum atomic E-state index is 11.6. The van der Waals surface area contributed by atoms with Gasteiger partial charge in [0.05, 0.1) is 35.6 Å². The number of rotatable bonds is 2. The van der Waals surface area contributed by atoms with Crippen LogP contribution in [0.15, 0.2) is 18.2 Å². The first-order valence-corrected chi connectivity index (χ1v) is 8.11. The lowest BCUT2D eigenvalue weighted by Gasteiger charge is -2.36. The molecule has 0 aliphatic carbocycles. The van der Waals surface area contributed by atoms with Gasteiger partial charge in [0.1, 0.15) is 0 Å². The first-order valence-electron chi connectivity index (χ1n) is 6.29. The molecule has 2 N–H and O–H groups in total.